The molecule has 0 fully saturated rings. The van der Waals surface area contributed by atoms with Gasteiger partial charge in [0.1, 0.15) is 28.2 Å². The number of benzene rings is 1. The molecule has 2 aromatic rings. The Hall–Kier alpha value is -1.89. The molecule has 1 aromatic carbocycles. The molecule has 7 heteroatoms. The van der Waals surface area contributed by atoms with E-state index in [2.05, 4.69) is 15.9 Å². The number of ether oxygens (including phenoxy) is 1. The number of hydrogen-bond donors (Lipinski definition) is 1. The van der Waals surface area contributed by atoms with Crippen LogP contribution in [0.15, 0.2) is 23.1 Å². The van der Waals surface area contributed by atoms with E-state index in [4.69, 9.17) is 9.84 Å². The number of carboxylic acid groups (broad SMARTS) is 1. The lowest BCUT2D eigenvalue weighted by Crippen LogP contribution is -2.36. The summed E-state index contributed by atoms with van der Waals surface area (Å²) < 4.78 is 19.9. The first kappa shape index (κ1) is 13.1. The highest BCUT2D eigenvalue weighted by Crippen LogP contribution is 2.38. The first-order chi connectivity index (χ1) is 9.31. The van der Waals surface area contributed by atoms with Gasteiger partial charge in [-0.3, -0.25) is 4.79 Å². The van der Waals surface area contributed by atoms with Gasteiger partial charge in [0.25, 0.3) is 0 Å². The quantitative estimate of drug-likeness (QED) is 0.808. The van der Waals surface area contributed by atoms with Gasteiger partial charge in [-0.1, -0.05) is 15.9 Å². The lowest BCUT2D eigenvalue weighted by molar-refractivity contribution is 0.0694. The van der Waals surface area contributed by atoms with Crippen molar-refractivity contribution in [3.05, 3.63) is 39.9 Å². The summed E-state index contributed by atoms with van der Waals surface area (Å²) in [4.78, 5) is 23.3. The predicted molar refractivity (Wildman–Crippen MR) is 73.2 cm³/mol. The second kappa shape index (κ2) is 4.05. The zero-order chi connectivity index (χ0) is 14.7. The molecule has 3 rings (SSSR count). The molecule has 0 aliphatic carbocycles. The summed E-state index contributed by atoms with van der Waals surface area (Å²) in [6.07, 6.45) is 1.26. The van der Waals surface area contributed by atoms with E-state index in [1.165, 1.54) is 12.3 Å². The molecule has 1 aliphatic rings. The van der Waals surface area contributed by atoms with E-state index in [0.717, 1.165) is 6.07 Å². The fraction of sp³-hybridized carbons (Fsp3) is 0.231. The highest BCUT2D eigenvalue weighted by atomic mass is 79.9. The van der Waals surface area contributed by atoms with Crippen LogP contribution in [0, 0.1) is 5.82 Å². The molecule has 0 spiro atoms. The topological polar surface area (TPSA) is 68.5 Å². The largest absolute Gasteiger partial charge is 0.488 e. The number of carboxylic acids is 1. The van der Waals surface area contributed by atoms with Crippen molar-refractivity contribution in [2.75, 3.05) is 6.61 Å². The van der Waals surface area contributed by atoms with Gasteiger partial charge < -0.3 is 14.4 Å². The van der Waals surface area contributed by atoms with Crippen LogP contribution < -0.4 is 10.2 Å². The summed E-state index contributed by atoms with van der Waals surface area (Å²) in [6, 6.07) is 2.21. The van der Waals surface area contributed by atoms with Crippen molar-refractivity contribution in [1.82, 2.24) is 4.57 Å². The Bertz CT molecular complexity index is 812. The van der Waals surface area contributed by atoms with E-state index in [-0.39, 0.29) is 17.7 Å². The molecular formula is C13H9BrFNO4. The predicted octanol–water partition coefficient (Wildman–Crippen LogP) is 2.30. The third kappa shape index (κ3) is 1.73. The lowest BCUT2D eigenvalue weighted by Gasteiger charge is -2.33. The zero-order valence-corrected chi connectivity index (χ0v) is 11.9. The third-order valence-electron chi connectivity index (χ3n) is 3.25. The third-order valence-corrected chi connectivity index (χ3v) is 3.86. The number of rotatable bonds is 1. The van der Waals surface area contributed by atoms with Gasteiger partial charge in [-0.15, -0.1) is 0 Å². The fourth-order valence-electron chi connectivity index (χ4n) is 2.30. The number of aromatic nitrogens is 1. The van der Waals surface area contributed by atoms with Crippen LogP contribution in [0.1, 0.15) is 17.3 Å². The van der Waals surface area contributed by atoms with E-state index >= 15 is 0 Å². The molecule has 0 radical (unpaired) electrons. The van der Waals surface area contributed by atoms with Crippen LogP contribution >= 0.6 is 15.9 Å². The normalized spacial score (nSPS) is 20.8. The molecule has 2 heterocycles. The molecule has 1 unspecified atom stereocenters. The molecule has 1 aromatic heterocycles. The van der Waals surface area contributed by atoms with Crippen LogP contribution in [0.4, 0.5) is 4.39 Å². The number of alkyl halides is 1. The SMILES string of the molecule is CC1(Br)COc2cc(F)cc3c(=O)c(C(=O)O)cn1c23. The molecular weight excluding hydrogens is 333 g/mol. The van der Waals surface area contributed by atoms with E-state index in [9.17, 15) is 14.0 Å². The Morgan fingerprint density at radius 1 is 1.55 bits per heavy atom. The minimum Gasteiger partial charge on any atom is -0.488 e. The van der Waals surface area contributed by atoms with Gasteiger partial charge in [0.2, 0.25) is 5.43 Å². The number of nitrogens with zero attached hydrogens (tertiary/aromatic N) is 1. The summed E-state index contributed by atoms with van der Waals surface area (Å²) in [6.45, 7) is 1.95. The fourth-order valence-corrected chi connectivity index (χ4v) is 2.70. The maximum Gasteiger partial charge on any atom is 0.341 e. The molecule has 1 aliphatic heterocycles. The molecule has 0 amide bonds. The number of carbonyl (C=O) groups is 1. The Morgan fingerprint density at radius 3 is 2.90 bits per heavy atom. The van der Waals surface area contributed by atoms with Gasteiger partial charge in [0.05, 0.1) is 10.9 Å². The summed E-state index contributed by atoms with van der Waals surface area (Å²) in [5, 5.41) is 9.11. The van der Waals surface area contributed by atoms with Crippen molar-refractivity contribution >= 4 is 32.8 Å². The Labute approximate surface area is 120 Å². The lowest BCUT2D eigenvalue weighted by atomic mass is 10.1. The summed E-state index contributed by atoms with van der Waals surface area (Å²) in [5.41, 5.74) is -0.744. The van der Waals surface area contributed by atoms with Crippen molar-refractivity contribution in [3.8, 4) is 5.75 Å². The van der Waals surface area contributed by atoms with Crippen LogP contribution in [-0.2, 0) is 4.45 Å². The molecule has 20 heavy (non-hydrogen) atoms. The van der Waals surface area contributed by atoms with E-state index in [0.29, 0.717) is 5.52 Å². The number of pyridine rings is 1. The summed E-state index contributed by atoms with van der Waals surface area (Å²) in [5.74, 6) is -1.76. The minimum atomic E-state index is -1.35. The molecule has 104 valence electrons. The smallest absolute Gasteiger partial charge is 0.341 e. The van der Waals surface area contributed by atoms with Crippen LogP contribution in [-0.4, -0.2) is 22.2 Å². The molecule has 1 atom stereocenters. The average molecular weight is 342 g/mol. The van der Waals surface area contributed by atoms with Crippen LogP contribution in [0.5, 0.6) is 5.75 Å². The first-order valence-corrected chi connectivity index (χ1v) is 6.55. The number of halogens is 2. The van der Waals surface area contributed by atoms with Crippen molar-refractivity contribution < 1.29 is 19.0 Å². The first-order valence-electron chi connectivity index (χ1n) is 5.75. The highest BCUT2D eigenvalue weighted by molar-refractivity contribution is 9.09. The molecule has 1 N–H and O–H groups in total. The Balaban J connectivity index is 2.56. The minimum absolute atomic E-state index is 0.00900. The van der Waals surface area contributed by atoms with Gasteiger partial charge in [0, 0.05) is 12.3 Å². The average Bonchev–Trinajstić information content (AvgIpc) is 2.35. The number of aromatic carboxylic acids is 1. The maximum absolute atomic E-state index is 13.6. The Morgan fingerprint density at radius 2 is 2.25 bits per heavy atom. The van der Waals surface area contributed by atoms with E-state index in [1.54, 1.807) is 11.5 Å². The molecule has 0 bridgehead atoms. The summed E-state index contributed by atoms with van der Waals surface area (Å²) in [7, 11) is 0. The zero-order valence-electron chi connectivity index (χ0n) is 10.3. The second-order valence-electron chi connectivity index (χ2n) is 4.78. The summed E-state index contributed by atoms with van der Waals surface area (Å²) >= 11 is 3.43. The second-order valence-corrected chi connectivity index (χ2v) is 6.49. The highest BCUT2D eigenvalue weighted by Gasteiger charge is 2.32. The monoisotopic (exact) mass is 341 g/mol. The molecule has 5 nitrogen and oxygen atoms in total. The van der Waals surface area contributed by atoms with Crippen molar-refractivity contribution in [2.45, 2.75) is 11.4 Å². The molecule has 0 saturated carbocycles. The van der Waals surface area contributed by atoms with Gasteiger partial charge in [-0.05, 0) is 13.0 Å². The van der Waals surface area contributed by atoms with Gasteiger partial charge in [-0.2, -0.15) is 0 Å². The molecule has 0 saturated heterocycles. The van der Waals surface area contributed by atoms with Crippen LogP contribution in [0.25, 0.3) is 10.9 Å². The standard InChI is InChI=1S/C13H9BrFNO4/c1-13(14)5-20-9-3-6(15)2-7-10(9)16(13)4-8(11(7)17)12(18)19/h2-4H,5H2,1H3,(H,18,19). The van der Waals surface area contributed by atoms with Gasteiger partial charge >= 0.3 is 5.97 Å². The van der Waals surface area contributed by atoms with Crippen LogP contribution in [0.3, 0.4) is 0 Å². The van der Waals surface area contributed by atoms with Crippen molar-refractivity contribution in [3.63, 3.8) is 0 Å². The van der Waals surface area contributed by atoms with Gasteiger partial charge in [-0.25, -0.2) is 9.18 Å². The van der Waals surface area contributed by atoms with Gasteiger partial charge in [0.15, 0.2) is 0 Å². The number of hydrogen-bond acceptors (Lipinski definition) is 3. The van der Waals surface area contributed by atoms with Crippen molar-refractivity contribution in [2.24, 2.45) is 0 Å². The maximum atomic E-state index is 13.6. The van der Waals surface area contributed by atoms with Crippen molar-refractivity contribution in [1.29, 1.82) is 0 Å². The Kier molecular flexibility index (Phi) is 2.66. The van der Waals surface area contributed by atoms with E-state index < -0.39 is 27.2 Å². The van der Waals surface area contributed by atoms with E-state index in [1.807, 2.05) is 0 Å². The van der Waals surface area contributed by atoms with Crippen LogP contribution in [0.2, 0.25) is 0 Å².